The minimum Gasteiger partial charge on any atom is -0.449 e. The second-order valence-electron chi connectivity index (χ2n) is 5.22. The predicted molar refractivity (Wildman–Crippen MR) is 79.8 cm³/mol. The number of oxazole rings is 1. The van der Waals surface area contributed by atoms with Gasteiger partial charge in [0.1, 0.15) is 5.52 Å². The zero-order valence-corrected chi connectivity index (χ0v) is 12.1. The number of fused-ring (bicyclic) bond motifs is 1. The number of aromatic nitrogens is 1. The molecule has 1 aromatic heterocycles. The molecule has 1 fully saturated rings. The van der Waals surface area contributed by atoms with Crippen molar-refractivity contribution < 1.29 is 18.7 Å². The maximum Gasteiger partial charge on any atom is 0.331 e. The molecule has 0 unspecified atom stereocenters. The zero-order chi connectivity index (χ0) is 15.5. The SMILES string of the molecule is C[C@H](OC(=O)/C=C/c1nc2ccccc2o1)C(=O)NC1CC1. The van der Waals surface area contributed by atoms with Gasteiger partial charge in [0.25, 0.3) is 5.91 Å². The van der Waals surface area contributed by atoms with E-state index in [2.05, 4.69) is 10.3 Å². The predicted octanol–water partition coefficient (Wildman–Crippen LogP) is 2.05. The minimum atomic E-state index is -0.818. The van der Waals surface area contributed by atoms with Crippen LogP contribution in [0.25, 0.3) is 17.2 Å². The average Bonchev–Trinajstić information content (AvgIpc) is 3.21. The van der Waals surface area contributed by atoms with Crippen LogP contribution in [0.4, 0.5) is 0 Å². The van der Waals surface area contributed by atoms with Crippen molar-refractivity contribution in [1.29, 1.82) is 0 Å². The Balaban J connectivity index is 1.56. The molecule has 1 atom stereocenters. The molecule has 22 heavy (non-hydrogen) atoms. The third-order valence-corrected chi connectivity index (χ3v) is 3.26. The maximum atomic E-state index is 11.7. The Kier molecular flexibility index (Phi) is 3.91. The van der Waals surface area contributed by atoms with Crippen molar-refractivity contribution in [2.45, 2.75) is 31.9 Å². The van der Waals surface area contributed by atoms with Crippen LogP contribution in [-0.4, -0.2) is 29.0 Å². The topological polar surface area (TPSA) is 81.4 Å². The molecule has 1 aliphatic carbocycles. The van der Waals surface area contributed by atoms with E-state index in [1.54, 1.807) is 13.0 Å². The van der Waals surface area contributed by atoms with Gasteiger partial charge in [-0.3, -0.25) is 4.79 Å². The highest BCUT2D eigenvalue weighted by atomic mass is 16.5. The number of nitrogens with one attached hydrogen (secondary N) is 1. The van der Waals surface area contributed by atoms with Gasteiger partial charge in [0.15, 0.2) is 11.7 Å². The number of benzene rings is 1. The number of carbonyl (C=O) groups is 2. The van der Waals surface area contributed by atoms with Crippen molar-refractivity contribution in [2.24, 2.45) is 0 Å². The van der Waals surface area contributed by atoms with Crippen molar-refractivity contribution in [2.75, 3.05) is 0 Å². The number of esters is 1. The Morgan fingerprint density at radius 1 is 1.41 bits per heavy atom. The molecule has 6 nitrogen and oxygen atoms in total. The molecule has 1 aliphatic rings. The summed E-state index contributed by atoms with van der Waals surface area (Å²) in [5.41, 5.74) is 1.36. The highest BCUT2D eigenvalue weighted by Gasteiger charge is 2.26. The first-order chi connectivity index (χ1) is 10.6. The van der Waals surface area contributed by atoms with Gasteiger partial charge in [0, 0.05) is 18.2 Å². The van der Waals surface area contributed by atoms with Crippen LogP contribution in [0.3, 0.4) is 0 Å². The molecule has 1 saturated carbocycles. The van der Waals surface area contributed by atoms with Crippen LogP contribution in [0.2, 0.25) is 0 Å². The van der Waals surface area contributed by atoms with Gasteiger partial charge in [-0.15, -0.1) is 0 Å². The lowest BCUT2D eigenvalue weighted by Crippen LogP contribution is -2.36. The van der Waals surface area contributed by atoms with Gasteiger partial charge >= 0.3 is 5.97 Å². The number of amides is 1. The number of hydrogen-bond acceptors (Lipinski definition) is 5. The second kappa shape index (κ2) is 6.01. The molecule has 0 aliphatic heterocycles. The van der Waals surface area contributed by atoms with Gasteiger partial charge in [-0.1, -0.05) is 12.1 Å². The van der Waals surface area contributed by atoms with Crippen molar-refractivity contribution in [3.63, 3.8) is 0 Å². The Morgan fingerprint density at radius 2 is 2.18 bits per heavy atom. The van der Waals surface area contributed by atoms with Crippen LogP contribution in [0.1, 0.15) is 25.7 Å². The number of hydrogen-bond donors (Lipinski definition) is 1. The van der Waals surface area contributed by atoms with E-state index in [-0.39, 0.29) is 11.9 Å². The normalized spacial score (nSPS) is 15.9. The molecular formula is C16H16N2O4. The summed E-state index contributed by atoms with van der Waals surface area (Å²) in [5, 5.41) is 2.78. The molecule has 1 N–H and O–H groups in total. The molecule has 6 heteroatoms. The maximum absolute atomic E-state index is 11.7. The van der Waals surface area contributed by atoms with Gasteiger partial charge in [-0.2, -0.15) is 0 Å². The summed E-state index contributed by atoms with van der Waals surface area (Å²) < 4.78 is 10.5. The molecule has 0 spiro atoms. The van der Waals surface area contributed by atoms with Crippen molar-refractivity contribution in [3.8, 4) is 0 Å². The van der Waals surface area contributed by atoms with E-state index in [9.17, 15) is 9.59 Å². The summed E-state index contributed by atoms with van der Waals surface area (Å²) >= 11 is 0. The van der Waals surface area contributed by atoms with Crippen molar-refractivity contribution in [3.05, 3.63) is 36.2 Å². The van der Waals surface area contributed by atoms with E-state index in [1.165, 1.54) is 12.2 Å². The van der Waals surface area contributed by atoms with Gasteiger partial charge in [0.2, 0.25) is 5.89 Å². The monoisotopic (exact) mass is 300 g/mol. The second-order valence-corrected chi connectivity index (χ2v) is 5.22. The summed E-state index contributed by atoms with van der Waals surface area (Å²) in [6, 6.07) is 7.55. The molecule has 0 bridgehead atoms. The minimum absolute atomic E-state index is 0.240. The third kappa shape index (κ3) is 3.52. The summed E-state index contributed by atoms with van der Waals surface area (Å²) in [6.07, 6.45) is 3.79. The van der Waals surface area contributed by atoms with Crippen LogP contribution in [-0.2, 0) is 14.3 Å². The van der Waals surface area contributed by atoms with Crippen LogP contribution in [0, 0.1) is 0 Å². The van der Waals surface area contributed by atoms with E-state index >= 15 is 0 Å². The van der Waals surface area contributed by atoms with Gasteiger partial charge < -0.3 is 14.5 Å². The highest BCUT2D eigenvalue weighted by molar-refractivity contribution is 5.90. The number of para-hydroxylation sites is 2. The number of rotatable bonds is 5. The number of nitrogens with zero attached hydrogens (tertiary/aromatic N) is 1. The lowest BCUT2D eigenvalue weighted by molar-refractivity contribution is -0.150. The molecule has 1 amide bonds. The van der Waals surface area contributed by atoms with Crippen LogP contribution < -0.4 is 5.32 Å². The quantitative estimate of drug-likeness (QED) is 0.675. The van der Waals surface area contributed by atoms with Crippen LogP contribution >= 0.6 is 0 Å². The molecule has 3 rings (SSSR count). The van der Waals surface area contributed by atoms with E-state index in [0.717, 1.165) is 12.8 Å². The lowest BCUT2D eigenvalue weighted by atomic mass is 10.3. The Bertz CT molecular complexity index is 698. The Labute approximate surface area is 127 Å². The van der Waals surface area contributed by atoms with Crippen molar-refractivity contribution >= 4 is 29.1 Å². The average molecular weight is 300 g/mol. The van der Waals surface area contributed by atoms with Crippen LogP contribution in [0.5, 0.6) is 0 Å². The standard InChI is InChI=1S/C16H16N2O4/c1-10(16(20)17-11-6-7-11)21-15(19)9-8-14-18-12-4-2-3-5-13(12)22-14/h2-5,8-11H,6-7H2,1H3,(H,17,20)/b9-8+/t10-/m0/s1. The Hall–Kier alpha value is -2.63. The first-order valence-corrected chi connectivity index (χ1v) is 7.16. The molecule has 114 valence electrons. The number of carbonyl (C=O) groups excluding carboxylic acids is 2. The summed E-state index contributed by atoms with van der Waals surface area (Å²) in [6.45, 7) is 1.54. The number of ether oxygens (including phenoxy) is 1. The molecular weight excluding hydrogens is 284 g/mol. The Morgan fingerprint density at radius 3 is 2.91 bits per heavy atom. The smallest absolute Gasteiger partial charge is 0.331 e. The van der Waals surface area contributed by atoms with E-state index in [1.807, 2.05) is 18.2 Å². The fraction of sp³-hybridized carbons (Fsp3) is 0.312. The summed E-state index contributed by atoms with van der Waals surface area (Å²) in [7, 11) is 0. The van der Waals surface area contributed by atoms with Gasteiger partial charge in [-0.25, -0.2) is 9.78 Å². The molecule has 1 aromatic carbocycles. The van der Waals surface area contributed by atoms with Gasteiger partial charge in [-0.05, 0) is 31.9 Å². The van der Waals surface area contributed by atoms with Crippen LogP contribution in [0.15, 0.2) is 34.8 Å². The molecule has 0 saturated heterocycles. The highest BCUT2D eigenvalue weighted by Crippen LogP contribution is 2.19. The fourth-order valence-electron chi connectivity index (χ4n) is 1.91. The first kappa shape index (κ1) is 14.3. The van der Waals surface area contributed by atoms with E-state index in [4.69, 9.17) is 9.15 Å². The summed E-state index contributed by atoms with van der Waals surface area (Å²) in [4.78, 5) is 27.6. The fourth-order valence-corrected chi connectivity index (χ4v) is 1.91. The molecule has 1 heterocycles. The zero-order valence-electron chi connectivity index (χ0n) is 12.1. The lowest BCUT2D eigenvalue weighted by Gasteiger charge is -2.11. The summed E-state index contributed by atoms with van der Waals surface area (Å²) in [5.74, 6) is -0.569. The third-order valence-electron chi connectivity index (χ3n) is 3.26. The molecule has 2 aromatic rings. The van der Waals surface area contributed by atoms with E-state index in [0.29, 0.717) is 17.0 Å². The first-order valence-electron chi connectivity index (χ1n) is 7.16. The van der Waals surface area contributed by atoms with Gasteiger partial charge in [0.05, 0.1) is 0 Å². The van der Waals surface area contributed by atoms with Crippen molar-refractivity contribution in [1.82, 2.24) is 10.3 Å². The molecule has 0 radical (unpaired) electrons. The largest absolute Gasteiger partial charge is 0.449 e. The van der Waals surface area contributed by atoms with E-state index < -0.39 is 12.1 Å².